The highest BCUT2D eigenvalue weighted by Crippen LogP contribution is 2.29. The van der Waals surface area contributed by atoms with Crippen LogP contribution in [0.4, 0.5) is 0 Å². The maximum Gasteiger partial charge on any atom is 0.256 e. The number of hydrogen-bond acceptors (Lipinski definition) is 3. The maximum absolute atomic E-state index is 13.6. The summed E-state index contributed by atoms with van der Waals surface area (Å²) in [6.45, 7) is 8.51. The first-order valence-electron chi connectivity index (χ1n) is 10.2. The highest BCUT2D eigenvalue weighted by molar-refractivity contribution is 5.96. The van der Waals surface area contributed by atoms with E-state index in [0.717, 1.165) is 35.9 Å². The first-order chi connectivity index (χ1) is 14.0. The van der Waals surface area contributed by atoms with Gasteiger partial charge >= 0.3 is 0 Å². The Morgan fingerprint density at radius 1 is 1.24 bits per heavy atom. The van der Waals surface area contributed by atoms with E-state index in [-0.39, 0.29) is 18.0 Å². The molecule has 2 aromatic heterocycles. The van der Waals surface area contributed by atoms with Gasteiger partial charge in [-0.05, 0) is 32.4 Å². The third-order valence-electron chi connectivity index (χ3n) is 6.04. The lowest BCUT2D eigenvalue weighted by Crippen LogP contribution is -2.49. The average Bonchev–Trinajstić information content (AvgIpc) is 3.30. The number of imidazole rings is 1. The van der Waals surface area contributed by atoms with Crippen LogP contribution in [-0.4, -0.2) is 44.6 Å². The number of benzene rings is 1. The first kappa shape index (κ1) is 19.5. The molecule has 6 nitrogen and oxygen atoms in total. The molecule has 1 aliphatic rings. The van der Waals surface area contributed by atoms with Crippen molar-refractivity contribution in [2.24, 2.45) is 7.05 Å². The molecule has 1 aromatic carbocycles. The Hall–Kier alpha value is -2.86. The van der Waals surface area contributed by atoms with E-state index in [9.17, 15) is 4.79 Å². The summed E-state index contributed by atoms with van der Waals surface area (Å²) < 4.78 is 4.26. The normalized spacial score (nSPS) is 18.1. The number of amides is 1. The number of rotatable bonds is 4. The third kappa shape index (κ3) is 3.49. The van der Waals surface area contributed by atoms with Crippen LogP contribution in [0.15, 0.2) is 48.8 Å². The highest BCUT2D eigenvalue weighted by Gasteiger charge is 2.33. The minimum Gasteiger partial charge on any atom is -0.341 e. The Bertz CT molecular complexity index is 1000. The zero-order chi connectivity index (χ0) is 20.5. The predicted molar refractivity (Wildman–Crippen MR) is 114 cm³/mol. The molecule has 1 saturated heterocycles. The van der Waals surface area contributed by atoms with Gasteiger partial charge in [0.05, 0.1) is 11.6 Å². The van der Waals surface area contributed by atoms with E-state index in [4.69, 9.17) is 0 Å². The summed E-state index contributed by atoms with van der Waals surface area (Å²) in [7, 11) is 1.98. The van der Waals surface area contributed by atoms with Crippen LogP contribution in [0.2, 0.25) is 0 Å². The molecule has 0 radical (unpaired) electrons. The molecule has 2 unspecified atom stereocenters. The van der Waals surface area contributed by atoms with E-state index in [1.807, 2.05) is 34.8 Å². The monoisotopic (exact) mass is 391 g/mol. The van der Waals surface area contributed by atoms with Crippen LogP contribution < -0.4 is 5.32 Å². The second-order valence-electron chi connectivity index (χ2n) is 7.86. The van der Waals surface area contributed by atoms with E-state index in [2.05, 4.69) is 59.9 Å². The summed E-state index contributed by atoms with van der Waals surface area (Å²) in [4.78, 5) is 20.1. The Kier molecular flexibility index (Phi) is 5.28. The smallest absolute Gasteiger partial charge is 0.256 e. The summed E-state index contributed by atoms with van der Waals surface area (Å²) >= 11 is 0. The molecule has 1 N–H and O–H groups in total. The number of aromatic nitrogens is 3. The van der Waals surface area contributed by atoms with Crippen molar-refractivity contribution in [2.75, 3.05) is 19.6 Å². The molecule has 3 heterocycles. The molecule has 1 amide bonds. The van der Waals surface area contributed by atoms with Crippen molar-refractivity contribution in [1.82, 2.24) is 24.3 Å². The van der Waals surface area contributed by atoms with Gasteiger partial charge in [0, 0.05) is 50.5 Å². The number of piperazine rings is 1. The summed E-state index contributed by atoms with van der Waals surface area (Å²) in [5.41, 5.74) is 4.14. The van der Waals surface area contributed by atoms with Gasteiger partial charge in [-0.3, -0.25) is 4.79 Å². The lowest BCUT2D eigenvalue weighted by Gasteiger charge is -2.35. The number of carbonyl (C=O) groups is 1. The molecule has 2 atom stereocenters. The van der Waals surface area contributed by atoms with Crippen molar-refractivity contribution >= 4 is 5.91 Å². The number of carbonyl (C=O) groups excluding carboxylic acids is 1. The van der Waals surface area contributed by atoms with Crippen LogP contribution in [0.25, 0.3) is 0 Å². The summed E-state index contributed by atoms with van der Waals surface area (Å²) in [6.07, 6.45) is 3.72. The predicted octanol–water partition coefficient (Wildman–Crippen LogP) is 3.23. The third-order valence-corrected chi connectivity index (χ3v) is 6.04. The molecular formula is C23H29N5O. The van der Waals surface area contributed by atoms with Crippen molar-refractivity contribution in [2.45, 2.75) is 32.9 Å². The zero-order valence-corrected chi connectivity index (χ0v) is 17.6. The van der Waals surface area contributed by atoms with E-state index in [0.29, 0.717) is 6.54 Å². The number of aryl methyl sites for hydroxylation is 2. The Morgan fingerprint density at radius 2 is 2.00 bits per heavy atom. The fraction of sp³-hybridized carbons (Fsp3) is 0.391. The SMILES string of the molecule is Cc1cc(C(=O)N2CCNCC2c2nccn2C)c(C)n1C(C)c1ccccc1. The van der Waals surface area contributed by atoms with E-state index < -0.39 is 0 Å². The highest BCUT2D eigenvalue weighted by atomic mass is 16.2. The van der Waals surface area contributed by atoms with Crippen molar-refractivity contribution in [3.8, 4) is 0 Å². The second-order valence-corrected chi connectivity index (χ2v) is 7.86. The van der Waals surface area contributed by atoms with Crippen LogP contribution in [0, 0.1) is 13.8 Å². The molecule has 0 saturated carbocycles. The van der Waals surface area contributed by atoms with E-state index in [1.165, 1.54) is 5.56 Å². The van der Waals surface area contributed by atoms with Crippen LogP contribution in [0.3, 0.4) is 0 Å². The molecule has 0 bridgehead atoms. The van der Waals surface area contributed by atoms with Gasteiger partial charge in [0.25, 0.3) is 5.91 Å². The average molecular weight is 392 g/mol. The van der Waals surface area contributed by atoms with E-state index in [1.54, 1.807) is 6.20 Å². The largest absolute Gasteiger partial charge is 0.341 e. The first-order valence-corrected chi connectivity index (χ1v) is 10.2. The van der Waals surface area contributed by atoms with Crippen LogP contribution in [0.5, 0.6) is 0 Å². The fourth-order valence-electron chi connectivity index (χ4n) is 4.50. The molecule has 1 aliphatic heterocycles. The fourth-order valence-corrected chi connectivity index (χ4v) is 4.50. The maximum atomic E-state index is 13.6. The Balaban J connectivity index is 1.68. The van der Waals surface area contributed by atoms with Crippen LogP contribution in [-0.2, 0) is 7.05 Å². The lowest BCUT2D eigenvalue weighted by molar-refractivity contribution is 0.0620. The van der Waals surface area contributed by atoms with Gasteiger partial charge in [-0.15, -0.1) is 0 Å². The zero-order valence-electron chi connectivity index (χ0n) is 17.6. The van der Waals surface area contributed by atoms with Gasteiger partial charge in [-0.25, -0.2) is 4.98 Å². The summed E-state index contributed by atoms with van der Waals surface area (Å²) in [5, 5.41) is 3.41. The standard InChI is InChI=1S/C23H29N5O/c1-16-14-20(18(3)28(16)17(2)19-8-6-5-7-9-19)23(29)27-13-10-24-15-21(27)22-25-11-12-26(22)4/h5-9,11-12,14,17,21,24H,10,13,15H2,1-4H3. The molecule has 0 spiro atoms. The summed E-state index contributed by atoms with van der Waals surface area (Å²) in [6, 6.07) is 12.6. The molecule has 1 fully saturated rings. The van der Waals surface area contributed by atoms with Crippen molar-refractivity contribution < 1.29 is 4.79 Å². The molecular weight excluding hydrogens is 362 g/mol. The molecule has 0 aliphatic carbocycles. The van der Waals surface area contributed by atoms with E-state index >= 15 is 0 Å². The van der Waals surface area contributed by atoms with Gasteiger partial charge < -0.3 is 19.4 Å². The number of nitrogens with zero attached hydrogens (tertiary/aromatic N) is 4. The van der Waals surface area contributed by atoms with Crippen LogP contribution >= 0.6 is 0 Å². The van der Waals surface area contributed by atoms with Gasteiger partial charge in [0.1, 0.15) is 11.9 Å². The minimum absolute atomic E-state index is 0.0640. The second kappa shape index (κ2) is 7.87. The molecule has 3 aromatic rings. The molecule has 29 heavy (non-hydrogen) atoms. The quantitative estimate of drug-likeness (QED) is 0.743. The molecule has 4 rings (SSSR count). The Labute approximate surface area is 172 Å². The Morgan fingerprint density at radius 3 is 2.69 bits per heavy atom. The summed E-state index contributed by atoms with van der Waals surface area (Å²) in [5.74, 6) is 0.996. The van der Waals surface area contributed by atoms with Gasteiger partial charge in [0.2, 0.25) is 0 Å². The molecule has 152 valence electrons. The molecule has 6 heteroatoms. The minimum atomic E-state index is -0.0640. The lowest BCUT2D eigenvalue weighted by atomic mass is 10.1. The van der Waals surface area contributed by atoms with Gasteiger partial charge in [0.15, 0.2) is 0 Å². The number of nitrogens with one attached hydrogen (secondary N) is 1. The van der Waals surface area contributed by atoms with Crippen molar-refractivity contribution in [3.63, 3.8) is 0 Å². The number of hydrogen-bond donors (Lipinski definition) is 1. The topological polar surface area (TPSA) is 55.1 Å². The van der Waals surface area contributed by atoms with Crippen molar-refractivity contribution in [3.05, 3.63) is 77.1 Å². The van der Waals surface area contributed by atoms with Crippen molar-refractivity contribution in [1.29, 1.82) is 0 Å². The van der Waals surface area contributed by atoms with Crippen LogP contribution in [0.1, 0.15) is 52.1 Å². The van der Waals surface area contributed by atoms with Gasteiger partial charge in [-0.2, -0.15) is 0 Å². The van der Waals surface area contributed by atoms with Gasteiger partial charge in [-0.1, -0.05) is 30.3 Å².